The summed E-state index contributed by atoms with van der Waals surface area (Å²) in [5, 5.41) is 19.6. The van der Waals surface area contributed by atoms with Crippen LogP contribution >= 0.6 is 11.6 Å². The summed E-state index contributed by atoms with van der Waals surface area (Å²) in [4.78, 5) is 13.0. The normalized spacial score (nSPS) is 23.2. The van der Waals surface area contributed by atoms with Crippen LogP contribution in [0.15, 0.2) is 30.3 Å². The molecule has 176 valence electrons. The Kier molecular flexibility index (Phi) is 7.01. The number of fused-ring (bicyclic) bond motifs is 3. The molecule has 0 unspecified atom stereocenters. The molecule has 0 aliphatic heterocycles. The predicted molar refractivity (Wildman–Crippen MR) is 133 cm³/mol. The van der Waals surface area contributed by atoms with Gasteiger partial charge in [0.1, 0.15) is 23.5 Å². The van der Waals surface area contributed by atoms with Crippen molar-refractivity contribution in [1.82, 2.24) is 0 Å². The summed E-state index contributed by atoms with van der Waals surface area (Å²) in [7, 11) is 0. The minimum atomic E-state index is -0.619. The number of ether oxygens (including phenoxy) is 1. The highest BCUT2D eigenvalue weighted by molar-refractivity contribution is 6.33. The average Bonchev–Trinajstić information content (AvgIpc) is 2.85. The van der Waals surface area contributed by atoms with Crippen LogP contribution in [0.4, 0.5) is 0 Å². The second kappa shape index (κ2) is 9.81. The number of hydrogen-bond acceptors (Lipinski definition) is 4. The lowest BCUT2D eigenvalue weighted by molar-refractivity contribution is 0.0320. The molecular formula is C29H31ClN2O2. The number of carbonyl (C=O) groups is 1. The van der Waals surface area contributed by atoms with E-state index in [1.807, 2.05) is 25.1 Å². The lowest BCUT2D eigenvalue weighted by Gasteiger charge is -2.54. The molecule has 0 spiro atoms. The van der Waals surface area contributed by atoms with E-state index < -0.39 is 5.97 Å². The molecule has 5 rings (SSSR count). The van der Waals surface area contributed by atoms with Crippen molar-refractivity contribution >= 4 is 17.6 Å². The first kappa shape index (κ1) is 24.3. The first-order valence-electron chi connectivity index (χ1n) is 12.4. The Hall–Kier alpha value is -2.82. The van der Waals surface area contributed by atoms with E-state index in [1.165, 1.54) is 56.9 Å². The number of carbonyl (C=O) groups excluding carboxylic acids is 1. The van der Waals surface area contributed by atoms with E-state index in [-0.39, 0.29) is 27.9 Å². The maximum Gasteiger partial charge on any atom is 0.345 e. The molecule has 0 atom stereocenters. The molecule has 0 saturated heterocycles. The summed E-state index contributed by atoms with van der Waals surface area (Å²) >= 11 is 6.60. The summed E-state index contributed by atoms with van der Waals surface area (Å²) in [6.07, 6.45) is 11.5. The molecule has 0 aromatic heterocycles. The van der Waals surface area contributed by atoms with Gasteiger partial charge in [-0.05, 0) is 91.5 Å². The predicted octanol–water partition coefficient (Wildman–Crippen LogP) is 7.65. The second-order valence-electron chi connectivity index (χ2n) is 10.1. The molecule has 4 nitrogen and oxygen atoms in total. The summed E-state index contributed by atoms with van der Waals surface area (Å²) in [6, 6.07) is 13.2. The van der Waals surface area contributed by atoms with Crippen molar-refractivity contribution in [3.63, 3.8) is 0 Å². The number of esters is 1. The zero-order chi connectivity index (χ0) is 24.3. The smallest absolute Gasteiger partial charge is 0.345 e. The number of nitriles is 2. The van der Waals surface area contributed by atoms with Gasteiger partial charge in [0.2, 0.25) is 0 Å². The summed E-state index contributed by atoms with van der Waals surface area (Å²) in [5.74, 6) is -0.526. The minimum Gasteiger partial charge on any atom is -0.421 e. The Morgan fingerprint density at radius 1 is 0.971 bits per heavy atom. The van der Waals surface area contributed by atoms with Gasteiger partial charge in [0.15, 0.2) is 0 Å². The molecule has 3 aliphatic rings. The van der Waals surface area contributed by atoms with Crippen molar-refractivity contribution in [2.24, 2.45) is 5.41 Å². The summed E-state index contributed by atoms with van der Waals surface area (Å²) in [5.41, 5.74) is 3.33. The highest BCUT2D eigenvalue weighted by Crippen LogP contribution is 2.59. The highest BCUT2D eigenvalue weighted by Gasteiger charge is 2.48. The van der Waals surface area contributed by atoms with Gasteiger partial charge in [-0.25, -0.2) is 4.79 Å². The number of halogens is 1. The van der Waals surface area contributed by atoms with E-state index in [0.717, 1.165) is 12.0 Å². The Bertz CT molecular complexity index is 1160. The lowest BCUT2D eigenvalue weighted by Crippen LogP contribution is -2.44. The standard InChI is InChI=1S/C29H31ClN2O2/c1-3-5-20-6-9-26(24(19-32)23(20)18-31)34-27(33)22-8-7-21(17-25(22)30)29-14-11-28(10-4-2,12-15-29)13-16-29/h6-9,17H,3-5,10-16H2,1-2H3. The number of aryl methyl sites for hydroxylation is 1. The van der Waals surface area contributed by atoms with Gasteiger partial charge in [0.25, 0.3) is 0 Å². The molecule has 2 aromatic carbocycles. The molecule has 2 bridgehead atoms. The molecule has 3 saturated carbocycles. The number of hydrogen-bond donors (Lipinski definition) is 0. The Labute approximate surface area is 207 Å². The highest BCUT2D eigenvalue weighted by atomic mass is 35.5. The van der Waals surface area contributed by atoms with Gasteiger partial charge < -0.3 is 4.74 Å². The Balaban J connectivity index is 1.55. The van der Waals surface area contributed by atoms with Gasteiger partial charge in [0.05, 0.1) is 16.1 Å². The molecule has 0 N–H and O–H groups in total. The molecule has 34 heavy (non-hydrogen) atoms. The number of benzene rings is 2. The third kappa shape index (κ3) is 4.33. The van der Waals surface area contributed by atoms with Gasteiger partial charge in [-0.3, -0.25) is 0 Å². The van der Waals surface area contributed by atoms with E-state index in [0.29, 0.717) is 16.9 Å². The van der Waals surface area contributed by atoms with Crippen molar-refractivity contribution < 1.29 is 9.53 Å². The Morgan fingerprint density at radius 2 is 1.65 bits per heavy atom. The zero-order valence-corrected chi connectivity index (χ0v) is 20.8. The molecule has 5 heteroatoms. The molecule has 0 heterocycles. The van der Waals surface area contributed by atoms with E-state index in [9.17, 15) is 15.3 Å². The lowest BCUT2D eigenvalue weighted by atomic mass is 9.51. The van der Waals surface area contributed by atoms with Crippen molar-refractivity contribution in [2.45, 2.75) is 83.5 Å². The van der Waals surface area contributed by atoms with Crippen LogP contribution < -0.4 is 4.74 Å². The topological polar surface area (TPSA) is 73.9 Å². The van der Waals surface area contributed by atoms with Gasteiger partial charge in [-0.2, -0.15) is 10.5 Å². The molecule has 3 aliphatic carbocycles. The van der Waals surface area contributed by atoms with Gasteiger partial charge in [-0.1, -0.05) is 50.4 Å². The largest absolute Gasteiger partial charge is 0.421 e. The molecule has 3 fully saturated rings. The van der Waals surface area contributed by atoms with E-state index in [2.05, 4.69) is 13.0 Å². The first-order chi connectivity index (χ1) is 16.4. The van der Waals surface area contributed by atoms with E-state index >= 15 is 0 Å². The minimum absolute atomic E-state index is 0.0911. The van der Waals surface area contributed by atoms with Crippen LogP contribution in [0.1, 0.15) is 104 Å². The van der Waals surface area contributed by atoms with Crippen LogP contribution in [-0.4, -0.2) is 5.97 Å². The fourth-order valence-electron chi connectivity index (χ4n) is 6.20. The molecule has 0 radical (unpaired) electrons. The van der Waals surface area contributed by atoms with Crippen LogP contribution in [0.25, 0.3) is 0 Å². The fourth-order valence-corrected chi connectivity index (χ4v) is 6.45. The monoisotopic (exact) mass is 474 g/mol. The van der Waals surface area contributed by atoms with Crippen LogP contribution in [0.2, 0.25) is 5.02 Å². The number of nitrogens with zero attached hydrogens (tertiary/aromatic N) is 2. The maximum absolute atomic E-state index is 13.0. The quantitative estimate of drug-likeness (QED) is 0.305. The molecular weight excluding hydrogens is 444 g/mol. The van der Waals surface area contributed by atoms with Crippen molar-refractivity contribution in [2.75, 3.05) is 0 Å². The third-order valence-electron chi connectivity index (χ3n) is 8.18. The Morgan fingerprint density at radius 3 is 2.21 bits per heavy atom. The van der Waals surface area contributed by atoms with Crippen molar-refractivity contribution in [3.8, 4) is 17.9 Å². The van der Waals surface area contributed by atoms with Crippen LogP contribution in [0.5, 0.6) is 5.75 Å². The van der Waals surface area contributed by atoms with Crippen LogP contribution in [0.3, 0.4) is 0 Å². The fraction of sp³-hybridized carbons (Fsp3) is 0.483. The zero-order valence-electron chi connectivity index (χ0n) is 20.0. The van der Waals surface area contributed by atoms with E-state index in [1.54, 1.807) is 18.2 Å². The maximum atomic E-state index is 13.0. The third-order valence-corrected chi connectivity index (χ3v) is 8.50. The van der Waals surface area contributed by atoms with Gasteiger partial charge >= 0.3 is 5.97 Å². The first-order valence-corrected chi connectivity index (χ1v) is 12.8. The molecule has 2 aromatic rings. The van der Waals surface area contributed by atoms with Crippen LogP contribution in [0, 0.1) is 28.1 Å². The van der Waals surface area contributed by atoms with E-state index in [4.69, 9.17) is 16.3 Å². The number of rotatable bonds is 7. The van der Waals surface area contributed by atoms with Gasteiger partial charge in [-0.15, -0.1) is 0 Å². The SMILES string of the molecule is CCCc1ccc(OC(=O)c2ccc(C34CCC(CCC)(CC3)CC4)cc2Cl)c(C#N)c1C#N. The van der Waals surface area contributed by atoms with Crippen LogP contribution in [-0.2, 0) is 11.8 Å². The summed E-state index contributed by atoms with van der Waals surface area (Å²) in [6.45, 7) is 4.29. The average molecular weight is 475 g/mol. The van der Waals surface area contributed by atoms with Gasteiger partial charge in [0, 0.05) is 0 Å². The summed E-state index contributed by atoms with van der Waals surface area (Å²) < 4.78 is 5.57. The van der Waals surface area contributed by atoms with Crippen molar-refractivity contribution in [1.29, 1.82) is 10.5 Å². The van der Waals surface area contributed by atoms with Crippen molar-refractivity contribution in [3.05, 3.63) is 63.2 Å². The second-order valence-corrected chi connectivity index (χ2v) is 10.5. The molecule has 0 amide bonds.